The first-order valence-electron chi connectivity index (χ1n) is 9.40. The van der Waals surface area contributed by atoms with E-state index in [2.05, 4.69) is 27.0 Å². The maximum Gasteiger partial charge on any atom is 0.223 e. The molecule has 0 saturated carbocycles. The summed E-state index contributed by atoms with van der Waals surface area (Å²) in [6.45, 7) is 15.3. The van der Waals surface area contributed by atoms with Gasteiger partial charge in [-0.25, -0.2) is 4.98 Å². The SMILES string of the molecule is C=Cn1c(C)cnc1/C=C\C.CC.Cc1nc(-c2ccc(C)c(NC=O)c2)no1. The molecular formula is C22H29N5O2. The first kappa shape index (κ1) is 23.6. The Bertz CT molecular complexity index is 954. The van der Waals surface area contributed by atoms with Gasteiger partial charge >= 0.3 is 0 Å². The van der Waals surface area contributed by atoms with Crippen LogP contribution in [0.4, 0.5) is 5.69 Å². The van der Waals surface area contributed by atoms with E-state index in [1.807, 2.05) is 75.7 Å². The van der Waals surface area contributed by atoms with E-state index in [1.165, 1.54) is 0 Å². The van der Waals surface area contributed by atoms with Gasteiger partial charge in [-0.15, -0.1) is 0 Å². The van der Waals surface area contributed by atoms with Crippen molar-refractivity contribution in [2.45, 2.75) is 41.5 Å². The third kappa shape index (κ3) is 6.57. The number of amides is 1. The molecule has 0 radical (unpaired) electrons. The van der Waals surface area contributed by atoms with Crippen LogP contribution in [0.2, 0.25) is 0 Å². The Morgan fingerprint density at radius 2 is 1.93 bits per heavy atom. The van der Waals surface area contributed by atoms with Crippen molar-refractivity contribution in [2.75, 3.05) is 5.32 Å². The normalized spacial score (nSPS) is 9.86. The Morgan fingerprint density at radius 1 is 1.21 bits per heavy atom. The van der Waals surface area contributed by atoms with Crippen LogP contribution in [-0.2, 0) is 4.79 Å². The van der Waals surface area contributed by atoms with E-state index in [9.17, 15) is 4.79 Å². The highest BCUT2D eigenvalue weighted by Crippen LogP contribution is 2.22. The van der Waals surface area contributed by atoms with Crippen LogP contribution in [0.5, 0.6) is 0 Å². The molecular weight excluding hydrogens is 366 g/mol. The number of hydrogen-bond donors (Lipinski definition) is 1. The van der Waals surface area contributed by atoms with Gasteiger partial charge in [0, 0.05) is 36.3 Å². The molecule has 0 fully saturated rings. The van der Waals surface area contributed by atoms with Crippen molar-refractivity contribution in [3.8, 4) is 11.4 Å². The minimum absolute atomic E-state index is 0.514. The van der Waals surface area contributed by atoms with E-state index in [0.29, 0.717) is 18.1 Å². The van der Waals surface area contributed by atoms with E-state index >= 15 is 0 Å². The smallest absolute Gasteiger partial charge is 0.223 e. The molecule has 0 spiro atoms. The number of carbonyl (C=O) groups is 1. The second kappa shape index (κ2) is 12.1. The average Bonchev–Trinajstić information content (AvgIpc) is 3.31. The number of aryl methyl sites for hydroxylation is 3. The average molecular weight is 396 g/mol. The molecule has 0 aliphatic heterocycles. The van der Waals surface area contributed by atoms with Crippen LogP contribution in [0.3, 0.4) is 0 Å². The largest absolute Gasteiger partial charge is 0.339 e. The summed E-state index contributed by atoms with van der Waals surface area (Å²) in [4.78, 5) is 18.7. The molecule has 0 aliphatic carbocycles. The van der Waals surface area contributed by atoms with Crippen LogP contribution in [0.1, 0.15) is 43.7 Å². The molecule has 1 aromatic carbocycles. The lowest BCUT2D eigenvalue weighted by Gasteiger charge is -2.04. The molecule has 0 bridgehead atoms. The number of rotatable bonds is 5. The highest BCUT2D eigenvalue weighted by molar-refractivity contribution is 5.76. The fraction of sp³-hybridized carbons (Fsp3) is 0.273. The van der Waals surface area contributed by atoms with E-state index in [-0.39, 0.29) is 0 Å². The monoisotopic (exact) mass is 395 g/mol. The summed E-state index contributed by atoms with van der Waals surface area (Å²) in [6.07, 6.45) is 8.15. The van der Waals surface area contributed by atoms with Crippen molar-refractivity contribution in [1.29, 1.82) is 0 Å². The molecule has 3 aromatic rings. The van der Waals surface area contributed by atoms with Crippen LogP contribution in [0.15, 0.2) is 41.6 Å². The van der Waals surface area contributed by atoms with Gasteiger partial charge < -0.3 is 14.4 Å². The number of carbonyl (C=O) groups excluding carboxylic acids is 1. The Morgan fingerprint density at radius 3 is 2.48 bits per heavy atom. The van der Waals surface area contributed by atoms with Gasteiger partial charge in [0.2, 0.25) is 18.1 Å². The minimum atomic E-state index is 0.514. The van der Waals surface area contributed by atoms with Crippen molar-refractivity contribution in [3.05, 3.63) is 60.0 Å². The third-order valence-corrected chi connectivity index (χ3v) is 3.75. The van der Waals surface area contributed by atoms with Crippen LogP contribution in [0.25, 0.3) is 23.7 Å². The molecule has 29 heavy (non-hydrogen) atoms. The summed E-state index contributed by atoms with van der Waals surface area (Å²) >= 11 is 0. The maximum atomic E-state index is 10.4. The van der Waals surface area contributed by atoms with Crippen molar-refractivity contribution in [2.24, 2.45) is 0 Å². The first-order chi connectivity index (χ1) is 14.0. The second-order valence-corrected chi connectivity index (χ2v) is 5.74. The van der Waals surface area contributed by atoms with E-state index < -0.39 is 0 Å². The fourth-order valence-electron chi connectivity index (χ4n) is 2.37. The molecule has 3 rings (SSSR count). The lowest BCUT2D eigenvalue weighted by Crippen LogP contribution is -1.96. The second-order valence-electron chi connectivity index (χ2n) is 5.74. The number of aromatic nitrogens is 4. The third-order valence-electron chi connectivity index (χ3n) is 3.75. The highest BCUT2D eigenvalue weighted by Gasteiger charge is 2.07. The van der Waals surface area contributed by atoms with Gasteiger partial charge in [0.25, 0.3) is 0 Å². The number of anilines is 1. The maximum absolute atomic E-state index is 10.4. The number of hydrogen-bond acceptors (Lipinski definition) is 5. The van der Waals surface area contributed by atoms with Gasteiger partial charge in [0.15, 0.2) is 0 Å². The summed E-state index contributed by atoms with van der Waals surface area (Å²) in [6, 6.07) is 5.59. The first-order valence-corrected chi connectivity index (χ1v) is 9.40. The predicted octanol–water partition coefficient (Wildman–Crippen LogP) is 5.27. The number of imidazole rings is 1. The van der Waals surface area contributed by atoms with E-state index in [1.54, 1.807) is 13.1 Å². The zero-order valence-electron chi connectivity index (χ0n) is 17.9. The number of benzene rings is 1. The van der Waals surface area contributed by atoms with E-state index in [0.717, 1.165) is 28.3 Å². The molecule has 0 saturated heterocycles. The lowest BCUT2D eigenvalue weighted by molar-refractivity contribution is -0.105. The van der Waals surface area contributed by atoms with E-state index in [4.69, 9.17) is 4.52 Å². The van der Waals surface area contributed by atoms with Crippen molar-refractivity contribution in [1.82, 2.24) is 19.7 Å². The zero-order chi connectivity index (χ0) is 21.8. The van der Waals surface area contributed by atoms with Gasteiger partial charge in [-0.05, 0) is 38.5 Å². The van der Waals surface area contributed by atoms with Crippen LogP contribution in [0, 0.1) is 20.8 Å². The number of nitrogens with one attached hydrogen (secondary N) is 1. The summed E-state index contributed by atoms with van der Waals surface area (Å²) < 4.78 is 6.84. The van der Waals surface area contributed by atoms with Gasteiger partial charge in [-0.1, -0.05) is 43.8 Å². The van der Waals surface area contributed by atoms with Gasteiger partial charge in [-0.2, -0.15) is 4.98 Å². The fourth-order valence-corrected chi connectivity index (χ4v) is 2.37. The molecule has 1 amide bonds. The zero-order valence-corrected chi connectivity index (χ0v) is 17.9. The minimum Gasteiger partial charge on any atom is -0.339 e. The summed E-state index contributed by atoms with van der Waals surface area (Å²) in [5.41, 5.74) is 3.64. The van der Waals surface area contributed by atoms with Crippen LogP contribution < -0.4 is 5.32 Å². The van der Waals surface area contributed by atoms with Crippen molar-refractivity contribution in [3.63, 3.8) is 0 Å². The Hall–Kier alpha value is -3.48. The van der Waals surface area contributed by atoms with Crippen LogP contribution in [-0.4, -0.2) is 26.1 Å². The molecule has 7 nitrogen and oxygen atoms in total. The highest BCUT2D eigenvalue weighted by atomic mass is 16.5. The van der Waals surface area contributed by atoms with Gasteiger partial charge in [0.1, 0.15) is 5.82 Å². The Labute approximate surface area is 172 Å². The number of nitrogens with zero attached hydrogens (tertiary/aromatic N) is 4. The van der Waals surface area contributed by atoms with Crippen molar-refractivity contribution < 1.29 is 9.32 Å². The molecule has 2 aromatic heterocycles. The lowest BCUT2D eigenvalue weighted by atomic mass is 10.1. The molecule has 2 heterocycles. The molecule has 7 heteroatoms. The molecule has 0 atom stereocenters. The van der Waals surface area contributed by atoms with Gasteiger partial charge in [0.05, 0.1) is 0 Å². The summed E-state index contributed by atoms with van der Waals surface area (Å²) in [7, 11) is 0. The van der Waals surface area contributed by atoms with Gasteiger partial charge in [-0.3, -0.25) is 4.79 Å². The van der Waals surface area contributed by atoms with Crippen LogP contribution >= 0.6 is 0 Å². The molecule has 1 N–H and O–H groups in total. The summed E-state index contributed by atoms with van der Waals surface area (Å²) in [5, 5.41) is 6.44. The Balaban J connectivity index is 0.000000284. The molecule has 0 unspecified atom stereocenters. The summed E-state index contributed by atoms with van der Waals surface area (Å²) in [5.74, 6) is 1.96. The molecule has 0 aliphatic rings. The quantitative estimate of drug-likeness (QED) is 0.595. The number of allylic oxidation sites excluding steroid dienone is 1. The van der Waals surface area contributed by atoms with Crippen molar-refractivity contribution >= 4 is 24.4 Å². The molecule has 154 valence electrons. The standard InChI is InChI=1S/C11H11N3O2.C9H12N2.C2H6/c1-7-3-4-9(5-10(7)12-6-15)11-13-8(2)16-14-11;1-4-6-9-10-7-8(3)11(9)5-2;1-2/h3-6H,1-2H3,(H,12,15);4-7H,2H2,1,3H3;1-2H3/b;6-4-;. The Kier molecular flexibility index (Phi) is 9.81. The predicted molar refractivity (Wildman–Crippen MR) is 118 cm³/mol. The topological polar surface area (TPSA) is 85.8 Å².